The standard InChI is InChI=1S/C32H58O2.C15H24O.C3H6O2/c1-8-9-10-11-12-13-14-15-16-17-18-19-20-21-22-23-24-26-28(33)25-27(31(2,3)4)30(34)29(26)32(5,6)7;1-10-8-11(14(2,3)4)13(16)12(9-10)15(5,6)7;1-2-3(4)5/h25,33-34H,8-24H2,1-7H3;8-9,16H,1-7H3;2H2,1H3,(H,4,5). The Balaban J connectivity index is 0.00000114. The highest BCUT2D eigenvalue weighted by Crippen LogP contribution is 2.45. The highest BCUT2D eigenvalue weighted by molar-refractivity contribution is 5.66. The fourth-order valence-electron chi connectivity index (χ4n) is 7.10. The van der Waals surface area contributed by atoms with Crippen molar-refractivity contribution >= 4 is 5.97 Å². The number of aliphatic carboxylic acids is 1. The Morgan fingerprint density at radius 1 is 0.491 bits per heavy atom. The monoisotopic (exact) mass is 769 g/mol. The fourth-order valence-corrected chi connectivity index (χ4v) is 7.10. The van der Waals surface area contributed by atoms with Crippen molar-refractivity contribution in [2.45, 2.75) is 241 Å². The van der Waals surface area contributed by atoms with Crippen LogP contribution < -0.4 is 0 Å². The molecule has 4 N–H and O–H groups in total. The predicted octanol–water partition coefficient (Wildman–Crippen LogP) is 15.3. The number of carboxylic acids is 1. The topological polar surface area (TPSA) is 98.0 Å². The van der Waals surface area contributed by atoms with Crippen LogP contribution in [0.15, 0.2) is 18.2 Å². The summed E-state index contributed by atoms with van der Waals surface area (Å²) in [5.74, 6) is 0.452. The molecule has 0 aliphatic rings. The van der Waals surface area contributed by atoms with Gasteiger partial charge in [-0.1, -0.05) is 211 Å². The second kappa shape index (κ2) is 24.8. The summed E-state index contributed by atoms with van der Waals surface area (Å²) < 4.78 is 0. The van der Waals surface area contributed by atoms with Crippen LogP contribution in [-0.4, -0.2) is 26.4 Å². The van der Waals surface area contributed by atoms with E-state index in [0.717, 1.165) is 40.7 Å². The molecular formula is C50H88O5. The number of carbonyl (C=O) groups is 1. The summed E-state index contributed by atoms with van der Waals surface area (Å²) >= 11 is 0. The van der Waals surface area contributed by atoms with Crippen molar-refractivity contribution in [3.63, 3.8) is 0 Å². The number of aryl methyl sites for hydroxylation is 1. The van der Waals surface area contributed by atoms with Crippen molar-refractivity contribution in [1.29, 1.82) is 0 Å². The fraction of sp³-hybridized carbons (Fsp3) is 0.740. The second-order valence-electron chi connectivity index (χ2n) is 20.2. The van der Waals surface area contributed by atoms with Gasteiger partial charge in [0.1, 0.15) is 17.2 Å². The number of unbranched alkanes of at least 4 members (excludes halogenated alkanes) is 15. The number of aromatic hydroxyl groups is 3. The molecule has 0 aromatic heterocycles. The quantitative estimate of drug-likeness (QED) is 0.0894. The highest BCUT2D eigenvalue weighted by atomic mass is 16.4. The third-order valence-corrected chi connectivity index (χ3v) is 10.4. The predicted molar refractivity (Wildman–Crippen MR) is 239 cm³/mol. The highest BCUT2D eigenvalue weighted by Gasteiger charge is 2.30. The summed E-state index contributed by atoms with van der Waals surface area (Å²) in [6, 6.07) is 5.97. The summed E-state index contributed by atoms with van der Waals surface area (Å²) in [5, 5.41) is 40.0. The molecular weight excluding hydrogens is 681 g/mol. The zero-order valence-corrected chi connectivity index (χ0v) is 38.7. The molecule has 2 aromatic rings. The van der Waals surface area contributed by atoms with Crippen molar-refractivity contribution in [3.05, 3.63) is 51.6 Å². The van der Waals surface area contributed by atoms with E-state index >= 15 is 0 Å². The van der Waals surface area contributed by atoms with Crippen LogP contribution in [-0.2, 0) is 32.9 Å². The van der Waals surface area contributed by atoms with Crippen molar-refractivity contribution in [2.75, 3.05) is 0 Å². The molecule has 5 heteroatoms. The van der Waals surface area contributed by atoms with E-state index in [4.69, 9.17) is 5.11 Å². The van der Waals surface area contributed by atoms with E-state index in [-0.39, 0.29) is 28.1 Å². The summed E-state index contributed by atoms with van der Waals surface area (Å²) in [6.45, 7) is 31.4. The third-order valence-electron chi connectivity index (χ3n) is 10.4. The SMILES string of the molecule is CCC(=O)O.CCCCCCCCCCCCCCCCCCc1c(O)cc(C(C)(C)C)c(O)c1C(C)(C)C.Cc1cc(C(C)(C)C)c(O)c(C(C)(C)C)c1. The van der Waals surface area contributed by atoms with Crippen molar-refractivity contribution in [1.82, 2.24) is 0 Å². The Morgan fingerprint density at radius 2 is 0.800 bits per heavy atom. The van der Waals surface area contributed by atoms with Gasteiger partial charge in [-0.15, -0.1) is 0 Å². The van der Waals surface area contributed by atoms with Crippen LogP contribution in [0.2, 0.25) is 0 Å². The average Bonchev–Trinajstić information content (AvgIpc) is 3.05. The zero-order chi connectivity index (χ0) is 42.6. The van der Waals surface area contributed by atoms with Crippen LogP contribution in [0, 0.1) is 6.92 Å². The molecule has 0 saturated carbocycles. The van der Waals surface area contributed by atoms with Crippen LogP contribution in [0.5, 0.6) is 17.2 Å². The molecule has 0 radical (unpaired) electrons. The molecule has 2 aromatic carbocycles. The van der Waals surface area contributed by atoms with Gasteiger partial charge >= 0.3 is 5.97 Å². The van der Waals surface area contributed by atoms with Gasteiger partial charge in [-0.05, 0) is 58.6 Å². The number of carboxylic acid groups (broad SMARTS) is 1. The number of hydrogen-bond acceptors (Lipinski definition) is 4. The first-order valence-corrected chi connectivity index (χ1v) is 22.0. The summed E-state index contributed by atoms with van der Waals surface area (Å²) in [4.78, 5) is 9.37. The molecule has 0 heterocycles. The molecule has 0 saturated heterocycles. The molecule has 2 rings (SSSR count). The molecule has 0 amide bonds. The molecule has 0 bridgehead atoms. The molecule has 0 unspecified atom stereocenters. The van der Waals surface area contributed by atoms with Gasteiger partial charge in [0.15, 0.2) is 0 Å². The number of benzene rings is 2. The summed E-state index contributed by atoms with van der Waals surface area (Å²) in [5.41, 5.74) is 5.57. The number of phenols is 3. The molecule has 5 nitrogen and oxygen atoms in total. The first-order valence-electron chi connectivity index (χ1n) is 22.0. The van der Waals surface area contributed by atoms with Crippen molar-refractivity contribution < 1.29 is 25.2 Å². The van der Waals surface area contributed by atoms with E-state index in [9.17, 15) is 20.1 Å². The lowest BCUT2D eigenvalue weighted by molar-refractivity contribution is -0.136. The maximum Gasteiger partial charge on any atom is 0.303 e. The van der Waals surface area contributed by atoms with Crippen LogP contribution >= 0.6 is 0 Å². The Bertz CT molecular complexity index is 1340. The lowest BCUT2D eigenvalue weighted by Crippen LogP contribution is -2.19. The van der Waals surface area contributed by atoms with Gasteiger partial charge in [0.05, 0.1) is 0 Å². The summed E-state index contributed by atoms with van der Waals surface area (Å²) in [6.07, 6.45) is 22.8. The van der Waals surface area contributed by atoms with Gasteiger partial charge in [0.25, 0.3) is 0 Å². The number of rotatable bonds is 18. The largest absolute Gasteiger partial charge is 0.508 e. The minimum Gasteiger partial charge on any atom is -0.508 e. The Labute approximate surface area is 340 Å². The van der Waals surface area contributed by atoms with Gasteiger partial charge in [-0.25, -0.2) is 0 Å². The number of hydrogen-bond donors (Lipinski definition) is 4. The summed E-state index contributed by atoms with van der Waals surface area (Å²) in [7, 11) is 0. The minimum absolute atomic E-state index is 0.0178. The van der Waals surface area contributed by atoms with Crippen LogP contribution in [0.1, 0.15) is 239 Å². The lowest BCUT2D eigenvalue weighted by Gasteiger charge is -2.30. The van der Waals surface area contributed by atoms with Crippen LogP contribution in [0.3, 0.4) is 0 Å². The van der Waals surface area contributed by atoms with Crippen LogP contribution in [0.4, 0.5) is 0 Å². The Morgan fingerprint density at radius 3 is 1.09 bits per heavy atom. The molecule has 55 heavy (non-hydrogen) atoms. The first-order chi connectivity index (χ1) is 25.3. The third kappa shape index (κ3) is 20.9. The van der Waals surface area contributed by atoms with Gasteiger partial charge in [-0.3, -0.25) is 4.79 Å². The minimum atomic E-state index is -0.745. The normalized spacial score (nSPS) is 12.1. The van der Waals surface area contributed by atoms with Crippen molar-refractivity contribution in [3.8, 4) is 17.2 Å². The smallest absolute Gasteiger partial charge is 0.303 e. The van der Waals surface area contributed by atoms with Gasteiger partial charge in [-0.2, -0.15) is 0 Å². The molecule has 318 valence electrons. The molecule has 0 aliphatic heterocycles. The Kier molecular flexibility index (Phi) is 23.6. The molecule has 0 atom stereocenters. The van der Waals surface area contributed by atoms with Gasteiger partial charge < -0.3 is 20.4 Å². The van der Waals surface area contributed by atoms with E-state index in [1.54, 1.807) is 13.0 Å². The van der Waals surface area contributed by atoms with E-state index in [0.29, 0.717) is 17.2 Å². The maximum atomic E-state index is 11.1. The average molecular weight is 769 g/mol. The second-order valence-corrected chi connectivity index (χ2v) is 20.2. The van der Waals surface area contributed by atoms with Gasteiger partial charge in [0, 0.05) is 23.1 Å². The molecule has 0 spiro atoms. The van der Waals surface area contributed by atoms with E-state index in [1.165, 1.54) is 102 Å². The molecule has 0 fully saturated rings. The zero-order valence-electron chi connectivity index (χ0n) is 38.7. The van der Waals surface area contributed by atoms with Gasteiger partial charge in [0.2, 0.25) is 0 Å². The van der Waals surface area contributed by atoms with Crippen LogP contribution in [0.25, 0.3) is 0 Å². The maximum absolute atomic E-state index is 11.1. The van der Waals surface area contributed by atoms with Crippen molar-refractivity contribution in [2.24, 2.45) is 0 Å². The lowest BCUT2D eigenvalue weighted by atomic mass is 9.76. The van der Waals surface area contributed by atoms with E-state index < -0.39 is 5.97 Å². The van der Waals surface area contributed by atoms with E-state index in [2.05, 4.69) is 109 Å². The Hall–Kier alpha value is -2.69. The molecule has 0 aliphatic carbocycles. The number of phenolic OH excluding ortho intramolecular Hbond substituents is 3. The van der Waals surface area contributed by atoms with E-state index in [1.807, 2.05) is 0 Å². The first kappa shape index (κ1) is 52.3.